The van der Waals surface area contributed by atoms with Gasteiger partial charge in [-0.2, -0.15) is 0 Å². The zero-order valence-electron chi connectivity index (χ0n) is 12.2. The van der Waals surface area contributed by atoms with E-state index in [1.807, 2.05) is 6.92 Å². The maximum absolute atomic E-state index is 12.6. The van der Waals surface area contributed by atoms with E-state index in [1.165, 1.54) is 4.90 Å². The number of hydrogen-bond donors (Lipinski definition) is 2. The summed E-state index contributed by atoms with van der Waals surface area (Å²) in [5.41, 5.74) is -0.657. The van der Waals surface area contributed by atoms with Gasteiger partial charge < -0.3 is 10.6 Å². The summed E-state index contributed by atoms with van der Waals surface area (Å²) in [5.74, 6) is -0.0244. The second-order valence-corrected chi connectivity index (χ2v) is 6.12. The second kappa shape index (κ2) is 5.33. The van der Waals surface area contributed by atoms with Crippen molar-refractivity contribution < 1.29 is 9.59 Å². The molecule has 2 N–H and O–H groups in total. The number of piperidine rings is 2. The molecule has 6 heteroatoms. The Kier molecular flexibility index (Phi) is 3.69. The number of carbonyl (C=O) groups is 2. The van der Waals surface area contributed by atoms with Crippen LogP contribution >= 0.6 is 0 Å². The lowest BCUT2D eigenvalue weighted by Gasteiger charge is -2.43. The van der Waals surface area contributed by atoms with Crippen LogP contribution in [0.3, 0.4) is 0 Å². The molecule has 3 amide bonds. The highest BCUT2D eigenvalue weighted by molar-refractivity contribution is 6.07. The molecule has 0 radical (unpaired) electrons. The minimum Gasteiger partial charge on any atom is -0.322 e. The first kappa shape index (κ1) is 13.8. The summed E-state index contributed by atoms with van der Waals surface area (Å²) in [6.07, 6.45) is 4.02. The second-order valence-electron chi connectivity index (χ2n) is 6.12. The Morgan fingerprint density at radius 3 is 2.70 bits per heavy atom. The summed E-state index contributed by atoms with van der Waals surface area (Å²) >= 11 is 0. The molecule has 6 nitrogen and oxygen atoms in total. The lowest BCUT2D eigenvalue weighted by atomic mass is 9.87. The Morgan fingerprint density at radius 1 is 1.30 bits per heavy atom. The predicted molar refractivity (Wildman–Crippen MR) is 75.3 cm³/mol. The summed E-state index contributed by atoms with van der Waals surface area (Å²) in [7, 11) is 0. The van der Waals surface area contributed by atoms with Gasteiger partial charge in [-0.25, -0.2) is 4.79 Å². The predicted octanol–water partition coefficient (Wildman–Crippen LogP) is 0.145. The summed E-state index contributed by atoms with van der Waals surface area (Å²) in [6.45, 7) is 6.13. The Morgan fingerprint density at radius 2 is 2.05 bits per heavy atom. The number of hydrogen-bond acceptors (Lipinski definition) is 4. The van der Waals surface area contributed by atoms with Gasteiger partial charge in [0, 0.05) is 19.1 Å². The number of likely N-dealkylation sites (N-methyl/N-ethyl adjacent to an activating group) is 1. The van der Waals surface area contributed by atoms with Crippen molar-refractivity contribution >= 4 is 11.9 Å². The summed E-state index contributed by atoms with van der Waals surface area (Å²) < 4.78 is 0. The molecule has 3 aliphatic heterocycles. The quantitative estimate of drug-likeness (QED) is 0.707. The van der Waals surface area contributed by atoms with Crippen LogP contribution in [0.1, 0.15) is 32.6 Å². The van der Waals surface area contributed by atoms with Gasteiger partial charge in [0.25, 0.3) is 5.91 Å². The maximum atomic E-state index is 12.6. The molecular weight excluding hydrogens is 256 g/mol. The fourth-order valence-electron chi connectivity index (χ4n) is 3.81. The number of nitrogens with zero attached hydrogens (tertiary/aromatic N) is 2. The maximum Gasteiger partial charge on any atom is 0.325 e. The highest BCUT2D eigenvalue weighted by atomic mass is 16.2. The van der Waals surface area contributed by atoms with Crippen molar-refractivity contribution in [3.8, 4) is 0 Å². The van der Waals surface area contributed by atoms with Crippen LogP contribution in [0.15, 0.2) is 0 Å². The van der Waals surface area contributed by atoms with Gasteiger partial charge >= 0.3 is 6.03 Å². The topological polar surface area (TPSA) is 64.7 Å². The molecule has 0 saturated carbocycles. The van der Waals surface area contributed by atoms with E-state index >= 15 is 0 Å². The van der Waals surface area contributed by atoms with E-state index in [0.29, 0.717) is 19.1 Å². The molecule has 3 heterocycles. The molecule has 0 aromatic carbocycles. The number of carbonyl (C=O) groups excluding carboxylic acids is 2. The lowest BCUT2D eigenvalue weighted by molar-refractivity contribution is -0.133. The van der Waals surface area contributed by atoms with E-state index in [0.717, 1.165) is 45.3 Å². The average Bonchev–Trinajstić information content (AvgIpc) is 2.70. The van der Waals surface area contributed by atoms with Crippen molar-refractivity contribution in [2.24, 2.45) is 0 Å². The van der Waals surface area contributed by atoms with E-state index in [9.17, 15) is 9.59 Å². The highest BCUT2D eigenvalue weighted by Crippen LogP contribution is 2.30. The van der Waals surface area contributed by atoms with Crippen LogP contribution in [0.25, 0.3) is 0 Å². The van der Waals surface area contributed by atoms with Gasteiger partial charge in [0.1, 0.15) is 5.54 Å². The molecule has 1 atom stereocenters. The average molecular weight is 280 g/mol. The largest absolute Gasteiger partial charge is 0.325 e. The molecule has 0 aromatic rings. The van der Waals surface area contributed by atoms with Gasteiger partial charge in [-0.15, -0.1) is 0 Å². The van der Waals surface area contributed by atoms with E-state index < -0.39 is 5.54 Å². The fraction of sp³-hybridized carbons (Fsp3) is 0.857. The van der Waals surface area contributed by atoms with Crippen molar-refractivity contribution in [3.05, 3.63) is 0 Å². The minimum atomic E-state index is -0.657. The Labute approximate surface area is 119 Å². The Bertz CT molecular complexity index is 408. The summed E-state index contributed by atoms with van der Waals surface area (Å²) in [6, 6.07) is 0.332. The fourth-order valence-corrected chi connectivity index (χ4v) is 3.81. The first-order valence-electron chi connectivity index (χ1n) is 7.75. The molecule has 112 valence electrons. The number of urea groups is 1. The first-order chi connectivity index (χ1) is 9.66. The zero-order chi connectivity index (χ0) is 14.2. The van der Waals surface area contributed by atoms with E-state index in [2.05, 4.69) is 15.5 Å². The third kappa shape index (κ3) is 2.20. The van der Waals surface area contributed by atoms with Crippen molar-refractivity contribution in [2.45, 2.75) is 44.2 Å². The minimum absolute atomic E-state index is 0.0244. The van der Waals surface area contributed by atoms with Crippen LogP contribution in [-0.4, -0.2) is 66.0 Å². The monoisotopic (exact) mass is 280 g/mol. The SMILES string of the molecule is CCN1C(=O)NC2(CCCN(C3CCNCC3)C2)C1=O. The normalized spacial score (nSPS) is 33.0. The van der Waals surface area contributed by atoms with Crippen LogP contribution in [-0.2, 0) is 4.79 Å². The van der Waals surface area contributed by atoms with Crippen LogP contribution in [0.4, 0.5) is 4.79 Å². The van der Waals surface area contributed by atoms with Gasteiger partial charge in [0.15, 0.2) is 0 Å². The summed E-state index contributed by atoms with van der Waals surface area (Å²) in [5, 5.41) is 6.34. The van der Waals surface area contributed by atoms with Crippen molar-refractivity contribution in [1.82, 2.24) is 20.4 Å². The Hall–Kier alpha value is -1.14. The van der Waals surface area contributed by atoms with Crippen LogP contribution in [0.5, 0.6) is 0 Å². The van der Waals surface area contributed by atoms with Gasteiger partial charge in [-0.05, 0) is 52.2 Å². The van der Waals surface area contributed by atoms with E-state index in [1.54, 1.807) is 0 Å². The molecule has 3 aliphatic rings. The van der Waals surface area contributed by atoms with E-state index in [-0.39, 0.29) is 11.9 Å². The molecule has 1 spiro atoms. The lowest BCUT2D eigenvalue weighted by Crippen LogP contribution is -2.61. The molecule has 0 bridgehead atoms. The summed E-state index contributed by atoms with van der Waals surface area (Å²) in [4.78, 5) is 28.3. The van der Waals surface area contributed by atoms with Gasteiger partial charge in [0.2, 0.25) is 0 Å². The van der Waals surface area contributed by atoms with Crippen molar-refractivity contribution in [1.29, 1.82) is 0 Å². The zero-order valence-corrected chi connectivity index (χ0v) is 12.2. The van der Waals surface area contributed by atoms with Crippen molar-refractivity contribution in [3.63, 3.8) is 0 Å². The van der Waals surface area contributed by atoms with Gasteiger partial charge in [-0.3, -0.25) is 14.6 Å². The number of imide groups is 1. The third-order valence-corrected chi connectivity index (χ3v) is 4.91. The van der Waals surface area contributed by atoms with Crippen LogP contribution < -0.4 is 10.6 Å². The number of likely N-dealkylation sites (tertiary alicyclic amines) is 1. The smallest absolute Gasteiger partial charge is 0.322 e. The number of rotatable bonds is 2. The van der Waals surface area contributed by atoms with Crippen molar-refractivity contribution in [2.75, 3.05) is 32.7 Å². The van der Waals surface area contributed by atoms with Crippen LogP contribution in [0, 0.1) is 0 Å². The first-order valence-corrected chi connectivity index (χ1v) is 7.75. The molecule has 1 unspecified atom stereocenters. The molecule has 3 rings (SSSR count). The molecule has 0 aromatic heterocycles. The number of amides is 3. The Balaban J connectivity index is 1.74. The van der Waals surface area contributed by atoms with Gasteiger partial charge in [-0.1, -0.05) is 0 Å². The molecule has 0 aliphatic carbocycles. The third-order valence-electron chi connectivity index (χ3n) is 4.91. The molecule has 3 fully saturated rings. The molecular formula is C14H24N4O2. The molecule has 20 heavy (non-hydrogen) atoms. The standard InChI is InChI=1S/C14H24N4O2/c1-2-18-12(19)14(16-13(18)20)6-3-9-17(10-14)11-4-7-15-8-5-11/h11,15H,2-10H2,1H3,(H,16,20). The van der Waals surface area contributed by atoms with Gasteiger partial charge in [0.05, 0.1) is 0 Å². The van der Waals surface area contributed by atoms with Crippen LogP contribution in [0.2, 0.25) is 0 Å². The highest BCUT2D eigenvalue weighted by Gasteiger charge is 2.53. The van der Waals surface area contributed by atoms with E-state index in [4.69, 9.17) is 0 Å². The number of nitrogens with one attached hydrogen (secondary N) is 2. The molecule has 3 saturated heterocycles.